The molecule has 1 N–H and O–H groups in total. The summed E-state index contributed by atoms with van der Waals surface area (Å²) < 4.78 is 26.7. The van der Waals surface area contributed by atoms with Crippen LogP contribution in [-0.2, 0) is 15.4 Å². The summed E-state index contributed by atoms with van der Waals surface area (Å²) >= 11 is 0. The van der Waals surface area contributed by atoms with Crippen LogP contribution < -0.4 is 5.32 Å². The quantitative estimate of drug-likeness (QED) is 0.746. The highest BCUT2D eigenvalue weighted by Crippen LogP contribution is 2.28. The Morgan fingerprint density at radius 1 is 1.03 bits per heavy atom. The molecule has 2 aromatic rings. The molecule has 2 aromatic carbocycles. The lowest BCUT2D eigenvalue weighted by molar-refractivity contribution is 0.0934. The van der Waals surface area contributed by atoms with Crippen molar-refractivity contribution < 1.29 is 13.2 Å². The van der Waals surface area contributed by atoms with E-state index in [2.05, 4.69) is 31.3 Å². The van der Waals surface area contributed by atoms with E-state index < -0.39 is 10.0 Å². The van der Waals surface area contributed by atoms with Crippen molar-refractivity contribution in [3.8, 4) is 0 Å². The van der Waals surface area contributed by atoms with Gasteiger partial charge in [-0.25, -0.2) is 8.42 Å². The molecule has 0 radical (unpaired) electrons. The van der Waals surface area contributed by atoms with Gasteiger partial charge in [-0.2, -0.15) is 4.31 Å². The molecule has 0 saturated carbocycles. The highest BCUT2D eigenvalue weighted by Gasteiger charge is 2.27. The second kappa shape index (κ2) is 8.67. The first-order valence-corrected chi connectivity index (χ1v) is 11.6. The number of carbonyl (C=O) groups excluding carboxylic acids is 1. The van der Waals surface area contributed by atoms with Crippen LogP contribution in [0.5, 0.6) is 0 Å². The minimum absolute atomic E-state index is 0.0225. The first-order valence-electron chi connectivity index (χ1n) is 10.2. The number of carbonyl (C=O) groups is 1. The summed E-state index contributed by atoms with van der Waals surface area (Å²) in [4.78, 5) is 12.9. The zero-order valence-electron chi connectivity index (χ0n) is 17.4. The van der Waals surface area contributed by atoms with Crippen molar-refractivity contribution in [1.29, 1.82) is 0 Å². The van der Waals surface area contributed by atoms with Crippen LogP contribution in [0.25, 0.3) is 0 Å². The van der Waals surface area contributed by atoms with E-state index in [-0.39, 0.29) is 22.3 Å². The van der Waals surface area contributed by atoms with Gasteiger partial charge in [0, 0.05) is 24.7 Å². The highest BCUT2D eigenvalue weighted by molar-refractivity contribution is 7.89. The van der Waals surface area contributed by atoms with E-state index in [1.54, 1.807) is 12.1 Å². The van der Waals surface area contributed by atoms with E-state index in [0.717, 1.165) is 19.3 Å². The maximum atomic E-state index is 12.6. The van der Waals surface area contributed by atoms with Crippen LogP contribution in [0.3, 0.4) is 0 Å². The van der Waals surface area contributed by atoms with Crippen LogP contribution in [0.2, 0.25) is 0 Å². The monoisotopic (exact) mass is 414 g/mol. The van der Waals surface area contributed by atoms with Crippen LogP contribution in [0.4, 0.5) is 0 Å². The van der Waals surface area contributed by atoms with Crippen LogP contribution in [0.15, 0.2) is 59.5 Å². The van der Waals surface area contributed by atoms with Crippen molar-refractivity contribution in [2.24, 2.45) is 0 Å². The topological polar surface area (TPSA) is 66.5 Å². The van der Waals surface area contributed by atoms with Gasteiger partial charge >= 0.3 is 0 Å². The standard InChI is InChI=1S/C23H30N2O3S/c1-18(17-23(2,3)20-9-5-4-6-10-20)24-22(26)19-11-13-21(14-12-19)29(27,28)25-15-7-8-16-25/h4-6,9-14,18H,7-8,15-17H2,1-3H3,(H,24,26)/t18-/m1/s1. The molecule has 156 valence electrons. The van der Waals surface area contributed by atoms with Gasteiger partial charge in [-0.15, -0.1) is 0 Å². The van der Waals surface area contributed by atoms with Gasteiger partial charge in [-0.1, -0.05) is 44.2 Å². The summed E-state index contributed by atoms with van der Waals surface area (Å²) in [6.45, 7) is 7.47. The highest BCUT2D eigenvalue weighted by atomic mass is 32.2. The normalized spacial score (nSPS) is 16.5. The molecule has 0 spiro atoms. The number of hydrogen-bond acceptors (Lipinski definition) is 3. The zero-order chi connectivity index (χ0) is 21.1. The Hall–Kier alpha value is -2.18. The van der Waals surface area contributed by atoms with Crippen molar-refractivity contribution in [3.05, 3.63) is 65.7 Å². The molecule has 0 aliphatic carbocycles. The molecule has 6 heteroatoms. The number of amides is 1. The molecule has 29 heavy (non-hydrogen) atoms. The van der Waals surface area contributed by atoms with Gasteiger partial charge in [0.1, 0.15) is 0 Å². The largest absolute Gasteiger partial charge is 0.350 e. The molecule has 1 atom stereocenters. The minimum Gasteiger partial charge on any atom is -0.350 e. The van der Waals surface area contributed by atoms with Crippen molar-refractivity contribution in [2.45, 2.75) is 56.4 Å². The maximum absolute atomic E-state index is 12.6. The number of nitrogens with one attached hydrogen (secondary N) is 1. The Morgan fingerprint density at radius 2 is 1.62 bits per heavy atom. The lowest BCUT2D eigenvalue weighted by atomic mass is 9.79. The molecule has 3 rings (SSSR count). The number of sulfonamides is 1. The van der Waals surface area contributed by atoms with Gasteiger partial charge in [-0.05, 0) is 61.4 Å². The van der Waals surface area contributed by atoms with Crippen LogP contribution >= 0.6 is 0 Å². The summed E-state index contributed by atoms with van der Waals surface area (Å²) in [7, 11) is -3.46. The molecule has 1 aliphatic heterocycles. The number of nitrogens with zero attached hydrogens (tertiary/aromatic N) is 1. The summed E-state index contributed by atoms with van der Waals surface area (Å²) in [6, 6.07) is 16.5. The predicted octanol–water partition coefficient (Wildman–Crippen LogP) is 3.96. The molecule has 1 saturated heterocycles. The van der Waals surface area contributed by atoms with E-state index >= 15 is 0 Å². The van der Waals surface area contributed by atoms with Gasteiger partial charge in [0.2, 0.25) is 10.0 Å². The molecule has 1 aliphatic rings. The molecule has 1 fully saturated rings. The van der Waals surface area contributed by atoms with E-state index in [0.29, 0.717) is 18.7 Å². The first kappa shape index (κ1) is 21.5. The molecule has 0 unspecified atom stereocenters. The summed E-state index contributed by atoms with van der Waals surface area (Å²) in [5, 5.41) is 3.04. The Bertz CT molecular complexity index is 932. The van der Waals surface area contributed by atoms with Crippen molar-refractivity contribution in [2.75, 3.05) is 13.1 Å². The predicted molar refractivity (Wildman–Crippen MR) is 115 cm³/mol. The fourth-order valence-corrected chi connectivity index (χ4v) is 5.50. The second-order valence-corrected chi connectivity index (χ2v) is 10.4. The van der Waals surface area contributed by atoms with Crippen LogP contribution in [0, 0.1) is 0 Å². The van der Waals surface area contributed by atoms with Crippen LogP contribution in [0.1, 0.15) is 56.0 Å². The number of hydrogen-bond donors (Lipinski definition) is 1. The Labute approximate surface area is 174 Å². The third-order valence-corrected chi connectivity index (χ3v) is 7.48. The molecule has 0 bridgehead atoms. The molecule has 5 nitrogen and oxygen atoms in total. The van der Waals surface area contributed by atoms with Crippen molar-refractivity contribution in [3.63, 3.8) is 0 Å². The van der Waals surface area contributed by atoms with Gasteiger partial charge in [0.25, 0.3) is 5.91 Å². The van der Waals surface area contributed by atoms with E-state index in [4.69, 9.17) is 0 Å². The van der Waals surface area contributed by atoms with Crippen molar-refractivity contribution >= 4 is 15.9 Å². The van der Waals surface area contributed by atoms with Gasteiger partial charge in [-0.3, -0.25) is 4.79 Å². The molecule has 0 aromatic heterocycles. The molecular weight excluding hydrogens is 384 g/mol. The average molecular weight is 415 g/mol. The SMILES string of the molecule is C[C@H](CC(C)(C)c1ccccc1)NC(=O)c1ccc(S(=O)(=O)N2CCCC2)cc1. The van der Waals surface area contributed by atoms with Gasteiger partial charge < -0.3 is 5.32 Å². The zero-order valence-corrected chi connectivity index (χ0v) is 18.2. The summed E-state index contributed by atoms with van der Waals surface area (Å²) in [5.41, 5.74) is 1.63. The van der Waals surface area contributed by atoms with E-state index in [1.165, 1.54) is 22.0 Å². The second-order valence-electron chi connectivity index (χ2n) is 8.46. The fourth-order valence-electron chi connectivity index (χ4n) is 3.99. The summed E-state index contributed by atoms with van der Waals surface area (Å²) in [6.07, 6.45) is 2.60. The Balaban J connectivity index is 1.63. The molecular formula is C23H30N2O3S. The van der Waals surface area contributed by atoms with E-state index in [9.17, 15) is 13.2 Å². The minimum atomic E-state index is -3.46. The number of benzene rings is 2. The Kier molecular flexibility index (Phi) is 6.44. The average Bonchev–Trinajstić information content (AvgIpc) is 3.24. The van der Waals surface area contributed by atoms with Crippen LogP contribution in [-0.4, -0.2) is 37.8 Å². The lowest BCUT2D eigenvalue weighted by Gasteiger charge is -2.29. The van der Waals surface area contributed by atoms with Crippen molar-refractivity contribution in [1.82, 2.24) is 9.62 Å². The smallest absolute Gasteiger partial charge is 0.251 e. The third-order valence-electron chi connectivity index (χ3n) is 5.57. The third kappa shape index (κ3) is 5.06. The Morgan fingerprint density at radius 3 is 2.21 bits per heavy atom. The lowest BCUT2D eigenvalue weighted by Crippen LogP contribution is -2.37. The molecule has 1 amide bonds. The summed E-state index contributed by atoms with van der Waals surface area (Å²) in [5.74, 6) is -0.188. The maximum Gasteiger partial charge on any atom is 0.251 e. The van der Waals surface area contributed by atoms with Gasteiger partial charge in [0.05, 0.1) is 4.90 Å². The fraction of sp³-hybridized carbons (Fsp3) is 0.435. The number of rotatable bonds is 7. The van der Waals surface area contributed by atoms with E-state index in [1.807, 2.05) is 25.1 Å². The van der Waals surface area contributed by atoms with Gasteiger partial charge in [0.15, 0.2) is 0 Å². The molecule has 1 heterocycles. The first-order chi connectivity index (χ1) is 13.7.